The molecule has 4 rings (SSSR count). The monoisotopic (exact) mass is 470 g/mol. The van der Waals surface area contributed by atoms with Gasteiger partial charge in [0.2, 0.25) is 0 Å². The van der Waals surface area contributed by atoms with Crippen molar-refractivity contribution < 1.29 is 0 Å². The van der Waals surface area contributed by atoms with E-state index in [-0.39, 0.29) is 0 Å². The van der Waals surface area contributed by atoms with Gasteiger partial charge in [-0.15, -0.1) is 0 Å². The summed E-state index contributed by atoms with van der Waals surface area (Å²) in [7, 11) is 0. The molecule has 0 spiro atoms. The zero-order valence-corrected chi connectivity index (χ0v) is 21.2. The smallest absolute Gasteiger partial charge is 0.121 e. The van der Waals surface area contributed by atoms with Crippen LogP contribution in [-0.2, 0) is 19.5 Å². The maximum Gasteiger partial charge on any atom is 0.121 e. The van der Waals surface area contributed by atoms with Crippen molar-refractivity contribution in [2.24, 2.45) is 0 Å². The fourth-order valence-corrected chi connectivity index (χ4v) is 4.25. The van der Waals surface area contributed by atoms with Gasteiger partial charge in [-0.25, -0.2) is 9.97 Å². The molecule has 0 aliphatic rings. The van der Waals surface area contributed by atoms with E-state index < -0.39 is 0 Å². The predicted octanol–water partition coefficient (Wildman–Crippen LogP) is 6.09. The molecule has 0 unspecified atom stereocenters. The second-order valence-electron chi connectivity index (χ2n) is 9.01. The van der Waals surface area contributed by atoms with Crippen LogP contribution >= 0.6 is 0 Å². The lowest BCUT2D eigenvalue weighted by molar-refractivity contribution is 0.654. The zero-order chi connectivity index (χ0) is 24.5. The molecule has 0 saturated heterocycles. The largest absolute Gasteiger partial charge is 0.344 e. The van der Waals surface area contributed by atoms with Crippen LogP contribution in [0.1, 0.15) is 57.4 Å². The molecule has 4 N–H and O–H groups in total. The molecule has 0 atom stereocenters. The minimum atomic E-state index is 0.769. The summed E-state index contributed by atoms with van der Waals surface area (Å²) >= 11 is 0. The Labute approximate surface area is 209 Å². The standard InChI is InChI=1S/C29H38N6/c1-4-7-25-29(35-28(33-25)20-31-17-6-3)24-14-10-22(11-15-24)21-8-12-23(13-9-21)26-18-32-27(34-26)19-30-16-5-2/h8-15,18,30-31H,4-7,16-17,19-20H2,1-3H3,(H,32,34)(H,33,35). The average molecular weight is 471 g/mol. The maximum atomic E-state index is 4.91. The third kappa shape index (κ3) is 6.47. The average Bonchev–Trinajstić information content (AvgIpc) is 3.52. The van der Waals surface area contributed by atoms with E-state index in [1.54, 1.807) is 0 Å². The molecule has 4 aromatic rings. The highest BCUT2D eigenvalue weighted by molar-refractivity contribution is 5.72. The molecule has 35 heavy (non-hydrogen) atoms. The van der Waals surface area contributed by atoms with Crippen LogP contribution in [-0.4, -0.2) is 33.0 Å². The van der Waals surface area contributed by atoms with Crippen LogP contribution in [0.25, 0.3) is 33.6 Å². The summed E-state index contributed by atoms with van der Waals surface area (Å²) in [6, 6.07) is 17.4. The summed E-state index contributed by atoms with van der Waals surface area (Å²) in [6.45, 7) is 10.1. The summed E-state index contributed by atoms with van der Waals surface area (Å²) in [6.07, 6.45) is 6.25. The van der Waals surface area contributed by atoms with Crippen LogP contribution in [0.3, 0.4) is 0 Å². The minimum absolute atomic E-state index is 0.769. The molecular formula is C29H38N6. The van der Waals surface area contributed by atoms with Gasteiger partial charge in [0.05, 0.1) is 30.7 Å². The quantitative estimate of drug-likeness (QED) is 0.178. The number of H-pyrrole nitrogens is 2. The number of hydrogen-bond donors (Lipinski definition) is 4. The summed E-state index contributed by atoms with van der Waals surface area (Å²) in [4.78, 5) is 16.4. The van der Waals surface area contributed by atoms with Gasteiger partial charge in [0.1, 0.15) is 11.6 Å². The number of benzene rings is 2. The minimum Gasteiger partial charge on any atom is -0.344 e. The number of imidazole rings is 2. The molecule has 2 heterocycles. The van der Waals surface area contributed by atoms with Gasteiger partial charge in [-0.05, 0) is 49.0 Å². The lowest BCUT2D eigenvalue weighted by Crippen LogP contribution is -2.14. The van der Waals surface area contributed by atoms with E-state index in [0.717, 1.165) is 86.0 Å². The summed E-state index contributed by atoms with van der Waals surface area (Å²) in [5, 5.41) is 6.82. The third-order valence-electron chi connectivity index (χ3n) is 6.08. The van der Waals surface area contributed by atoms with Gasteiger partial charge in [-0.1, -0.05) is 75.7 Å². The Kier molecular flexibility index (Phi) is 8.87. The summed E-state index contributed by atoms with van der Waals surface area (Å²) in [5.41, 5.74) is 8.05. The van der Waals surface area contributed by atoms with E-state index in [9.17, 15) is 0 Å². The molecule has 0 radical (unpaired) electrons. The lowest BCUT2D eigenvalue weighted by atomic mass is 10.00. The van der Waals surface area contributed by atoms with Crippen LogP contribution in [0.2, 0.25) is 0 Å². The molecule has 0 fully saturated rings. The van der Waals surface area contributed by atoms with E-state index >= 15 is 0 Å². The molecule has 2 aromatic carbocycles. The SMILES string of the molecule is CCCNCc1ncc(-c2ccc(-c3ccc(-c4nc(CNCCC)[nH]c4CCC)cc3)cc2)[nH]1. The van der Waals surface area contributed by atoms with Crippen LogP contribution in [0.15, 0.2) is 54.7 Å². The predicted molar refractivity (Wildman–Crippen MR) is 145 cm³/mol. The van der Waals surface area contributed by atoms with Gasteiger partial charge in [-0.3, -0.25) is 0 Å². The van der Waals surface area contributed by atoms with Crippen molar-refractivity contribution in [1.29, 1.82) is 0 Å². The summed E-state index contributed by atoms with van der Waals surface area (Å²) < 4.78 is 0. The van der Waals surface area contributed by atoms with Crippen molar-refractivity contribution in [1.82, 2.24) is 30.6 Å². The first kappa shape index (κ1) is 24.9. The van der Waals surface area contributed by atoms with Gasteiger partial charge in [0.25, 0.3) is 0 Å². The highest BCUT2D eigenvalue weighted by Crippen LogP contribution is 2.28. The number of rotatable bonds is 13. The fraction of sp³-hybridized carbons (Fsp3) is 0.379. The highest BCUT2D eigenvalue weighted by atomic mass is 15.0. The third-order valence-corrected chi connectivity index (χ3v) is 6.08. The van der Waals surface area contributed by atoms with Gasteiger partial charge in [-0.2, -0.15) is 0 Å². The Morgan fingerprint density at radius 1 is 0.657 bits per heavy atom. The normalized spacial score (nSPS) is 11.3. The Balaban J connectivity index is 1.46. The van der Waals surface area contributed by atoms with Crippen LogP contribution in [0.5, 0.6) is 0 Å². The fourth-order valence-electron chi connectivity index (χ4n) is 4.25. The zero-order valence-electron chi connectivity index (χ0n) is 21.2. The van der Waals surface area contributed by atoms with Crippen LogP contribution in [0.4, 0.5) is 0 Å². The Hall–Kier alpha value is -3.22. The molecule has 0 amide bonds. The highest BCUT2D eigenvalue weighted by Gasteiger charge is 2.12. The first-order valence-corrected chi connectivity index (χ1v) is 13.0. The molecule has 0 aliphatic carbocycles. The molecule has 6 heteroatoms. The van der Waals surface area contributed by atoms with Crippen LogP contribution < -0.4 is 10.6 Å². The van der Waals surface area contributed by atoms with E-state index in [1.807, 2.05) is 6.20 Å². The number of nitrogens with one attached hydrogen (secondary N) is 4. The van der Waals surface area contributed by atoms with Gasteiger partial charge in [0, 0.05) is 11.3 Å². The molecular weight excluding hydrogens is 432 g/mol. The maximum absolute atomic E-state index is 4.91. The number of aryl methyl sites for hydroxylation is 1. The first-order valence-electron chi connectivity index (χ1n) is 13.0. The van der Waals surface area contributed by atoms with Crippen molar-refractivity contribution in [3.63, 3.8) is 0 Å². The van der Waals surface area contributed by atoms with Crippen molar-refractivity contribution in [3.05, 3.63) is 72.1 Å². The molecule has 0 aliphatic heterocycles. The Bertz CT molecular complexity index is 1170. The summed E-state index contributed by atoms with van der Waals surface area (Å²) in [5.74, 6) is 1.98. The Morgan fingerprint density at radius 3 is 1.83 bits per heavy atom. The van der Waals surface area contributed by atoms with Crippen molar-refractivity contribution in [3.8, 4) is 33.6 Å². The molecule has 184 valence electrons. The Morgan fingerprint density at radius 2 is 1.23 bits per heavy atom. The van der Waals surface area contributed by atoms with Crippen LogP contribution in [0, 0.1) is 0 Å². The van der Waals surface area contributed by atoms with Crippen molar-refractivity contribution in [2.45, 2.75) is 59.5 Å². The number of hydrogen-bond acceptors (Lipinski definition) is 4. The van der Waals surface area contributed by atoms with Crippen molar-refractivity contribution in [2.75, 3.05) is 13.1 Å². The second kappa shape index (κ2) is 12.5. The van der Waals surface area contributed by atoms with E-state index in [2.05, 4.69) is 94.9 Å². The lowest BCUT2D eigenvalue weighted by Gasteiger charge is -2.06. The molecule has 0 bridgehead atoms. The topological polar surface area (TPSA) is 81.4 Å². The molecule has 6 nitrogen and oxygen atoms in total. The number of nitrogens with zero attached hydrogens (tertiary/aromatic N) is 2. The first-order chi connectivity index (χ1) is 17.2. The van der Waals surface area contributed by atoms with E-state index in [4.69, 9.17) is 4.98 Å². The number of aromatic nitrogens is 4. The number of aromatic amines is 2. The van der Waals surface area contributed by atoms with Crippen molar-refractivity contribution >= 4 is 0 Å². The van der Waals surface area contributed by atoms with Gasteiger partial charge >= 0.3 is 0 Å². The molecule has 0 saturated carbocycles. The van der Waals surface area contributed by atoms with Gasteiger partial charge in [0.15, 0.2) is 0 Å². The second-order valence-corrected chi connectivity index (χ2v) is 9.01. The van der Waals surface area contributed by atoms with E-state index in [0.29, 0.717) is 0 Å². The van der Waals surface area contributed by atoms with E-state index in [1.165, 1.54) is 16.8 Å². The van der Waals surface area contributed by atoms with Gasteiger partial charge < -0.3 is 20.6 Å². The molecule has 2 aromatic heterocycles.